The molecule has 1 aliphatic rings. The molecule has 1 aliphatic heterocycles. The van der Waals surface area contributed by atoms with Crippen molar-refractivity contribution in [2.24, 2.45) is 7.05 Å². The van der Waals surface area contributed by atoms with E-state index >= 15 is 0 Å². The summed E-state index contributed by atoms with van der Waals surface area (Å²) in [6.45, 7) is 6.68. The predicted octanol–water partition coefficient (Wildman–Crippen LogP) is 2.44. The molecule has 0 spiro atoms. The molecule has 0 saturated carbocycles. The van der Waals surface area contributed by atoms with Crippen molar-refractivity contribution in [1.29, 1.82) is 0 Å². The zero-order valence-corrected chi connectivity index (χ0v) is 13.2. The van der Waals surface area contributed by atoms with Gasteiger partial charge in [-0.3, -0.25) is 8.97 Å². The third-order valence-corrected chi connectivity index (χ3v) is 5.03. The second-order valence-corrected chi connectivity index (χ2v) is 6.65. The van der Waals surface area contributed by atoms with Gasteiger partial charge in [-0.25, -0.2) is 14.1 Å². The summed E-state index contributed by atoms with van der Waals surface area (Å²) in [4.78, 5) is 4.61. The van der Waals surface area contributed by atoms with Gasteiger partial charge in [-0.15, -0.1) is 0 Å². The fourth-order valence-electron chi connectivity index (χ4n) is 3.98. The average Bonchev–Trinajstić information content (AvgIpc) is 3.12. The van der Waals surface area contributed by atoms with Crippen molar-refractivity contribution in [2.75, 3.05) is 0 Å². The predicted molar refractivity (Wildman–Crippen MR) is 84.7 cm³/mol. The normalized spacial score (nSPS) is 15.6. The standard InChI is InChI=1S/C17H18N5/c1-11-5-6-12-14-13(11)15-19(4)9-10-21(15)17(2,3)22(14)16-18-7-8-20(12)16/h5-10H,1-4H3/q+1. The molecule has 0 unspecified atom stereocenters. The van der Waals surface area contributed by atoms with Crippen LogP contribution < -0.4 is 4.57 Å². The average molecular weight is 292 g/mol. The number of hydrogen-bond donors (Lipinski definition) is 0. The van der Waals surface area contributed by atoms with Gasteiger partial charge in [-0.2, -0.15) is 0 Å². The monoisotopic (exact) mass is 292 g/mol. The van der Waals surface area contributed by atoms with Crippen molar-refractivity contribution in [3.05, 3.63) is 42.5 Å². The molecule has 0 aliphatic carbocycles. The van der Waals surface area contributed by atoms with Crippen LogP contribution in [0, 0.1) is 6.92 Å². The number of nitrogens with zero attached hydrogens (tertiary/aromatic N) is 5. The fourth-order valence-corrected chi connectivity index (χ4v) is 3.98. The summed E-state index contributed by atoms with van der Waals surface area (Å²) >= 11 is 0. The van der Waals surface area contributed by atoms with E-state index in [0.717, 1.165) is 5.78 Å². The molecule has 5 nitrogen and oxygen atoms in total. The minimum absolute atomic E-state index is 0.203. The first-order valence-corrected chi connectivity index (χ1v) is 7.57. The maximum Gasteiger partial charge on any atom is 0.293 e. The maximum atomic E-state index is 4.61. The largest absolute Gasteiger partial charge is 0.293 e. The first kappa shape index (κ1) is 12.0. The van der Waals surface area contributed by atoms with Gasteiger partial charge in [0.1, 0.15) is 12.4 Å². The lowest BCUT2D eigenvalue weighted by Crippen LogP contribution is -2.41. The van der Waals surface area contributed by atoms with E-state index in [2.05, 4.69) is 75.4 Å². The Hall–Kier alpha value is -2.56. The van der Waals surface area contributed by atoms with Crippen molar-refractivity contribution in [1.82, 2.24) is 18.5 Å². The Morgan fingerprint density at radius 2 is 2.00 bits per heavy atom. The third kappa shape index (κ3) is 1.10. The van der Waals surface area contributed by atoms with E-state index in [0.29, 0.717) is 0 Å². The summed E-state index contributed by atoms with van der Waals surface area (Å²) in [5.41, 5.74) is 4.88. The summed E-state index contributed by atoms with van der Waals surface area (Å²) in [6, 6.07) is 4.41. The van der Waals surface area contributed by atoms with Crippen LogP contribution in [0.4, 0.5) is 0 Å². The Labute approximate surface area is 128 Å². The molecule has 5 rings (SSSR count). The van der Waals surface area contributed by atoms with Crippen LogP contribution in [0.15, 0.2) is 36.9 Å². The minimum Gasteiger partial charge on any atom is -0.284 e. The first-order chi connectivity index (χ1) is 10.5. The highest BCUT2D eigenvalue weighted by atomic mass is 15.4. The SMILES string of the molecule is Cc1ccc2c3c1-c1n(cc[n+]1C)C(C)(C)n3c1nccn21. The molecule has 4 aromatic rings. The van der Waals surface area contributed by atoms with Crippen LogP contribution in [-0.4, -0.2) is 18.5 Å². The van der Waals surface area contributed by atoms with Gasteiger partial charge in [-0.05, 0) is 32.4 Å². The zero-order chi connectivity index (χ0) is 15.2. The molecule has 0 amide bonds. The fraction of sp³-hybridized carbons (Fsp3) is 0.294. The van der Waals surface area contributed by atoms with E-state index in [1.807, 2.05) is 12.4 Å². The number of imidazole rings is 3. The molecular weight excluding hydrogens is 274 g/mol. The van der Waals surface area contributed by atoms with Crippen LogP contribution in [0.3, 0.4) is 0 Å². The Balaban J connectivity index is 2.16. The molecule has 4 heterocycles. The number of fused-ring (bicyclic) bond motifs is 5. The second kappa shape index (κ2) is 3.43. The van der Waals surface area contributed by atoms with Gasteiger partial charge in [0.15, 0.2) is 5.66 Å². The summed E-state index contributed by atoms with van der Waals surface area (Å²) < 4.78 is 9.10. The Morgan fingerprint density at radius 3 is 2.82 bits per heavy atom. The molecular formula is C17H18N5+. The lowest BCUT2D eigenvalue weighted by atomic mass is 10.0. The quantitative estimate of drug-likeness (QED) is 0.458. The Morgan fingerprint density at radius 1 is 1.18 bits per heavy atom. The highest BCUT2D eigenvalue weighted by Gasteiger charge is 2.42. The van der Waals surface area contributed by atoms with E-state index in [1.165, 1.54) is 28.0 Å². The van der Waals surface area contributed by atoms with Gasteiger partial charge in [0.2, 0.25) is 5.78 Å². The summed E-state index contributed by atoms with van der Waals surface area (Å²) in [5.74, 6) is 2.25. The summed E-state index contributed by atoms with van der Waals surface area (Å²) in [6.07, 6.45) is 8.21. The van der Waals surface area contributed by atoms with Gasteiger partial charge in [-0.1, -0.05) is 6.07 Å². The van der Waals surface area contributed by atoms with Crippen molar-refractivity contribution < 1.29 is 4.57 Å². The van der Waals surface area contributed by atoms with Crippen LogP contribution in [0.25, 0.3) is 28.2 Å². The number of aromatic nitrogens is 5. The van der Waals surface area contributed by atoms with Crippen molar-refractivity contribution in [3.63, 3.8) is 0 Å². The van der Waals surface area contributed by atoms with Crippen molar-refractivity contribution >= 4 is 16.8 Å². The van der Waals surface area contributed by atoms with E-state index < -0.39 is 0 Å². The molecule has 5 heteroatoms. The molecule has 0 bridgehead atoms. The van der Waals surface area contributed by atoms with Crippen LogP contribution in [-0.2, 0) is 12.7 Å². The first-order valence-electron chi connectivity index (χ1n) is 7.57. The van der Waals surface area contributed by atoms with E-state index in [4.69, 9.17) is 0 Å². The lowest BCUT2D eigenvalue weighted by molar-refractivity contribution is -0.660. The maximum absolute atomic E-state index is 4.61. The topological polar surface area (TPSA) is 31.0 Å². The van der Waals surface area contributed by atoms with Crippen LogP contribution in [0.1, 0.15) is 19.4 Å². The second-order valence-electron chi connectivity index (χ2n) is 6.65. The molecule has 0 N–H and O–H groups in total. The summed E-state index contributed by atoms with van der Waals surface area (Å²) in [5, 5.41) is 0. The van der Waals surface area contributed by atoms with Crippen molar-refractivity contribution in [3.8, 4) is 11.4 Å². The van der Waals surface area contributed by atoms with Gasteiger partial charge in [0.05, 0.1) is 23.6 Å². The number of benzene rings is 1. The molecule has 1 aromatic carbocycles. The van der Waals surface area contributed by atoms with Crippen LogP contribution in [0.5, 0.6) is 0 Å². The lowest BCUT2D eigenvalue weighted by Gasteiger charge is -2.30. The number of rotatable bonds is 0. The molecule has 0 fully saturated rings. The van der Waals surface area contributed by atoms with E-state index in [-0.39, 0.29) is 5.66 Å². The smallest absolute Gasteiger partial charge is 0.284 e. The zero-order valence-electron chi connectivity index (χ0n) is 13.2. The number of aryl methyl sites for hydroxylation is 2. The van der Waals surface area contributed by atoms with E-state index in [9.17, 15) is 0 Å². The highest BCUT2D eigenvalue weighted by molar-refractivity contribution is 5.96. The highest BCUT2D eigenvalue weighted by Crippen LogP contribution is 2.41. The van der Waals surface area contributed by atoms with Crippen LogP contribution >= 0.6 is 0 Å². The molecule has 3 aromatic heterocycles. The minimum atomic E-state index is -0.203. The molecule has 110 valence electrons. The van der Waals surface area contributed by atoms with Gasteiger partial charge in [0, 0.05) is 12.4 Å². The number of hydrogen-bond acceptors (Lipinski definition) is 1. The third-order valence-electron chi connectivity index (χ3n) is 5.03. The van der Waals surface area contributed by atoms with Gasteiger partial charge < -0.3 is 0 Å². The molecule has 0 radical (unpaired) electrons. The Bertz CT molecular complexity index is 1070. The van der Waals surface area contributed by atoms with Crippen LogP contribution in [0.2, 0.25) is 0 Å². The van der Waals surface area contributed by atoms with Gasteiger partial charge >= 0.3 is 0 Å². The summed E-state index contributed by atoms with van der Waals surface area (Å²) in [7, 11) is 2.11. The molecule has 0 saturated heterocycles. The van der Waals surface area contributed by atoms with Gasteiger partial charge in [0.25, 0.3) is 5.82 Å². The molecule has 0 atom stereocenters. The Kier molecular flexibility index (Phi) is 1.88. The van der Waals surface area contributed by atoms with E-state index in [1.54, 1.807) is 0 Å². The van der Waals surface area contributed by atoms with Crippen molar-refractivity contribution in [2.45, 2.75) is 26.4 Å². The molecule has 22 heavy (non-hydrogen) atoms.